The van der Waals surface area contributed by atoms with Crippen molar-refractivity contribution in [3.05, 3.63) is 29.8 Å². The molecule has 1 unspecified atom stereocenters. The highest BCUT2D eigenvalue weighted by Gasteiger charge is 2.52. The molecule has 4 rings (SSSR count). The standard InChI is InChI=1S/C20H24N4O4/c25-16(9-8-14-12-13-6-2-3-7-15(13)21-17(14)26)23-24-18(27)20(22-19(24)28)10-4-1-5-11-20/h2-3,6-7,14H,1,4-5,8-12H2,(H,21,26)(H,22,28)(H,23,25). The van der Waals surface area contributed by atoms with Crippen molar-refractivity contribution in [1.29, 1.82) is 0 Å². The maximum Gasteiger partial charge on any atom is 0.344 e. The van der Waals surface area contributed by atoms with Crippen molar-refractivity contribution in [1.82, 2.24) is 15.8 Å². The number of urea groups is 1. The van der Waals surface area contributed by atoms with Crippen LogP contribution in [0.15, 0.2) is 24.3 Å². The average Bonchev–Trinajstić information content (AvgIpc) is 2.91. The molecule has 3 N–H and O–H groups in total. The molecule has 1 atom stereocenters. The lowest BCUT2D eigenvalue weighted by Crippen LogP contribution is -2.51. The molecular formula is C20H24N4O4. The first-order chi connectivity index (χ1) is 13.5. The van der Waals surface area contributed by atoms with Crippen LogP contribution in [-0.4, -0.2) is 34.3 Å². The van der Waals surface area contributed by atoms with Gasteiger partial charge in [0.2, 0.25) is 11.8 Å². The van der Waals surface area contributed by atoms with E-state index < -0.39 is 17.5 Å². The molecule has 1 saturated heterocycles. The van der Waals surface area contributed by atoms with Crippen LogP contribution in [0.3, 0.4) is 0 Å². The van der Waals surface area contributed by atoms with Gasteiger partial charge in [-0.05, 0) is 37.3 Å². The molecule has 148 valence electrons. The number of fused-ring (bicyclic) bond motifs is 1. The smallest absolute Gasteiger partial charge is 0.326 e. The maximum absolute atomic E-state index is 12.7. The van der Waals surface area contributed by atoms with E-state index in [9.17, 15) is 19.2 Å². The minimum Gasteiger partial charge on any atom is -0.326 e. The van der Waals surface area contributed by atoms with Gasteiger partial charge in [-0.2, -0.15) is 5.01 Å². The summed E-state index contributed by atoms with van der Waals surface area (Å²) in [6, 6.07) is 7.01. The molecule has 2 aliphatic heterocycles. The van der Waals surface area contributed by atoms with Crippen molar-refractivity contribution in [3.63, 3.8) is 0 Å². The number of amides is 5. The molecule has 28 heavy (non-hydrogen) atoms. The van der Waals surface area contributed by atoms with Gasteiger partial charge < -0.3 is 10.6 Å². The summed E-state index contributed by atoms with van der Waals surface area (Å²) < 4.78 is 0. The molecule has 1 aliphatic carbocycles. The predicted octanol–water partition coefficient (Wildman–Crippen LogP) is 1.86. The predicted molar refractivity (Wildman–Crippen MR) is 101 cm³/mol. The van der Waals surface area contributed by atoms with Gasteiger partial charge in [-0.15, -0.1) is 0 Å². The molecule has 1 saturated carbocycles. The van der Waals surface area contributed by atoms with Gasteiger partial charge in [0.25, 0.3) is 5.91 Å². The van der Waals surface area contributed by atoms with E-state index in [0.29, 0.717) is 25.7 Å². The SMILES string of the molecule is O=C(CCC1Cc2ccccc2NC1=O)NN1C(=O)NC2(CCCCC2)C1=O. The van der Waals surface area contributed by atoms with Gasteiger partial charge in [-0.1, -0.05) is 37.5 Å². The number of benzene rings is 1. The Bertz CT molecular complexity index is 831. The first kappa shape index (κ1) is 18.5. The Balaban J connectivity index is 1.33. The Morgan fingerprint density at radius 2 is 1.89 bits per heavy atom. The van der Waals surface area contributed by atoms with Crippen LogP contribution in [0.25, 0.3) is 0 Å². The number of nitrogens with zero attached hydrogens (tertiary/aromatic N) is 1. The first-order valence-corrected chi connectivity index (χ1v) is 9.83. The number of para-hydroxylation sites is 1. The summed E-state index contributed by atoms with van der Waals surface area (Å²) in [5.41, 5.74) is 3.41. The first-order valence-electron chi connectivity index (χ1n) is 9.83. The highest BCUT2D eigenvalue weighted by molar-refractivity contribution is 6.08. The minimum atomic E-state index is -0.865. The minimum absolute atomic E-state index is 0.0598. The van der Waals surface area contributed by atoms with Crippen molar-refractivity contribution in [3.8, 4) is 0 Å². The largest absolute Gasteiger partial charge is 0.344 e. The van der Waals surface area contributed by atoms with Gasteiger partial charge in [0, 0.05) is 18.0 Å². The highest BCUT2D eigenvalue weighted by Crippen LogP contribution is 2.33. The summed E-state index contributed by atoms with van der Waals surface area (Å²) in [5, 5.41) is 6.43. The Morgan fingerprint density at radius 3 is 2.68 bits per heavy atom. The molecule has 1 aromatic rings. The van der Waals surface area contributed by atoms with Crippen LogP contribution in [0.4, 0.5) is 10.5 Å². The lowest BCUT2D eigenvalue weighted by atomic mass is 9.82. The number of rotatable bonds is 4. The van der Waals surface area contributed by atoms with E-state index in [-0.39, 0.29) is 24.2 Å². The highest BCUT2D eigenvalue weighted by atomic mass is 16.2. The molecule has 2 heterocycles. The van der Waals surface area contributed by atoms with Gasteiger partial charge in [-0.3, -0.25) is 19.8 Å². The lowest BCUT2D eigenvalue weighted by molar-refractivity contribution is -0.140. The van der Waals surface area contributed by atoms with Gasteiger partial charge in [0.1, 0.15) is 5.54 Å². The zero-order valence-electron chi connectivity index (χ0n) is 15.6. The summed E-state index contributed by atoms with van der Waals surface area (Å²) in [6.45, 7) is 0. The number of imide groups is 1. The fraction of sp³-hybridized carbons (Fsp3) is 0.500. The third-order valence-electron chi connectivity index (χ3n) is 5.94. The quantitative estimate of drug-likeness (QED) is 0.689. The molecule has 8 heteroatoms. The van der Waals surface area contributed by atoms with Gasteiger partial charge in [0.15, 0.2) is 0 Å². The third-order valence-corrected chi connectivity index (χ3v) is 5.94. The normalized spacial score (nSPS) is 23.2. The Morgan fingerprint density at radius 1 is 1.14 bits per heavy atom. The molecule has 3 aliphatic rings. The van der Waals surface area contributed by atoms with Crippen LogP contribution < -0.4 is 16.1 Å². The summed E-state index contributed by atoms with van der Waals surface area (Å²) in [6.07, 6.45) is 4.99. The van der Waals surface area contributed by atoms with E-state index in [2.05, 4.69) is 16.1 Å². The molecule has 5 amide bonds. The Hall–Kier alpha value is -2.90. The van der Waals surface area contributed by atoms with Crippen LogP contribution in [0.1, 0.15) is 50.5 Å². The average molecular weight is 384 g/mol. The van der Waals surface area contributed by atoms with Crippen molar-refractivity contribution in [2.24, 2.45) is 5.92 Å². The topological polar surface area (TPSA) is 108 Å². The number of anilines is 1. The molecule has 1 spiro atoms. The summed E-state index contributed by atoms with van der Waals surface area (Å²) in [4.78, 5) is 49.5. The summed E-state index contributed by atoms with van der Waals surface area (Å²) in [7, 11) is 0. The van der Waals surface area contributed by atoms with Crippen LogP contribution in [0.2, 0.25) is 0 Å². The van der Waals surface area contributed by atoms with Crippen LogP contribution in [-0.2, 0) is 20.8 Å². The lowest BCUT2D eigenvalue weighted by Gasteiger charge is -2.30. The zero-order valence-corrected chi connectivity index (χ0v) is 15.6. The fourth-order valence-electron chi connectivity index (χ4n) is 4.35. The third kappa shape index (κ3) is 3.34. The van der Waals surface area contributed by atoms with E-state index in [0.717, 1.165) is 35.5 Å². The number of carbonyl (C=O) groups is 4. The van der Waals surface area contributed by atoms with E-state index in [4.69, 9.17) is 0 Å². The van der Waals surface area contributed by atoms with Crippen LogP contribution in [0.5, 0.6) is 0 Å². The van der Waals surface area contributed by atoms with Crippen LogP contribution >= 0.6 is 0 Å². The van der Waals surface area contributed by atoms with E-state index in [1.54, 1.807) is 0 Å². The number of hydrogen-bond donors (Lipinski definition) is 3. The number of hydrazine groups is 1. The van der Waals surface area contributed by atoms with Crippen molar-refractivity contribution < 1.29 is 19.2 Å². The summed E-state index contributed by atoms with van der Waals surface area (Å²) >= 11 is 0. The van der Waals surface area contributed by atoms with Gasteiger partial charge in [-0.25, -0.2) is 4.79 Å². The van der Waals surface area contributed by atoms with E-state index >= 15 is 0 Å². The van der Waals surface area contributed by atoms with E-state index in [1.165, 1.54) is 0 Å². The Labute approximate surface area is 163 Å². The number of nitrogens with one attached hydrogen (secondary N) is 3. The molecule has 0 radical (unpaired) electrons. The van der Waals surface area contributed by atoms with Crippen molar-refractivity contribution >= 4 is 29.4 Å². The number of carbonyl (C=O) groups excluding carboxylic acids is 4. The monoisotopic (exact) mass is 384 g/mol. The second-order valence-electron chi connectivity index (χ2n) is 7.83. The Kier molecular flexibility index (Phi) is 4.78. The fourth-order valence-corrected chi connectivity index (χ4v) is 4.35. The van der Waals surface area contributed by atoms with Crippen molar-refractivity contribution in [2.75, 3.05) is 5.32 Å². The zero-order chi connectivity index (χ0) is 19.7. The van der Waals surface area contributed by atoms with Crippen LogP contribution in [0, 0.1) is 5.92 Å². The van der Waals surface area contributed by atoms with E-state index in [1.807, 2.05) is 24.3 Å². The second kappa shape index (κ2) is 7.26. The van der Waals surface area contributed by atoms with Crippen molar-refractivity contribution in [2.45, 2.75) is 56.9 Å². The maximum atomic E-state index is 12.7. The molecule has 1 aromatic carbocycles. The second-order valence-corrected chi connectivity index (χ2v) is 7.83. The molecule has 2 fully saturated rings. The van der Waals surface area contributed by atoms with Gasteiger partial charge in [0.05, 0.1) is 0 Å². The van der Waals surface area contributed by atoms with Gasteiger partial charge >= 0.3 is 6.03 Å². The summed E-state index contributed by atoms with van der Waals surface area (Å²) in [5.74, 6) is -1.24. The molecule has 0 bridgehead atoms. The molecular weight excluding hydrogens is 360 g/mol. The number of hydrogen-bond acceptors (Lipinski definition) is 4. The molecule has 8 nitrogen and oxygen atoms in total. The molecule has 0 aromatic heterocycles.